The van der Waals surface area contributed by atoms with E-state index in [1.54, 1.807) is 0 Å². The fourth-order valence-electron chi connectivity index (χ4n) is 5.34. The average molecular weight is 482 g/mol. The number of fused-ring (bicyclic) bond motifs is 2. The Balaban J connectivity index is 1.16. The molecule has 0 spiro atoms. The van der Waals surface area contributed by atoms with Crippen molar-refractivity contribution in [2.24, 2.45) is 0 Å². The number of nitrogens with zero attached hydrogens (tertiary/aromatic N) is 3. The maximum atomic E-state index is 12.0. The highest BCUT2D eigenvalue weighted by atomic mass is 16.3. The zero-order chi connectivity index (χ0) is 24.5. The summed E-state index contributed by atoms with van der Waals surface area (Å²) in [6.07, 6.45) is 5.29. The second kappa shape index (κ2) is 9.76. The van der Waals surface area contributed by atoms with Gasteiger partial charge < -0.3 is 20.3 Å². The molecule has 1 saturated heterocycles. The third-order valence-corrected chi connectivity index (χ3v) is 7.40. The fraction of sp³-hybridized carbons (Fsp3) is 0.310. The highest BCUT2D eigenvalue weighted by molar-refractivity contribution is 5.96. The molecule has 1 amide bonds. The van der Waals surface area contributed by atoms with Crippen molar-refractivity contribution in [1.29, 1.82) is 0 Å². The van der Waals surface area contributed by atoms with Gasteiger partial charge in [0.05, 0.1) is 6.61 Å². The number of benzene rings is 2. The molecular weight excluding hydrogens is 450 g/mol. The maximum Gasteiger partial charge on any atom is 0.224 e. The molecule has 1 fully saturated rings. The first-order chi connectivity index (χ1) is 17.7. The van der Waals surface area contributed by atoms with Crippen LogP contribution < -0.4 is 5.32 Å². The first kappa shape index (κ1) is 22.8. The Morgan fingerprint density at radius 2 is 1.78 bits per heavy atom. The van der Waals surface area contributed by atoms with Gasteiger partial charge in [0.1, 0.15) is 5.65 Å². The van der Waals surface area contributed by atoms with Crippen LogP contribution in [0.3, 0.4) is 0 Å². The van der Waals surface area contributed by atoms with Crippen LogP contribution in [0.1, 0.15) is 17.5 Å². The van der Waals surface area contributed by atoms with Crippen molar-refractivity contribution >= 4 is 22.6 Å². The second-order valence-electron chi connectivity index (χ2n) is 9.70. The van der Waals surface area contributed by atoms with E-state index in [4.69, 9.17) is 10.1 Å². The molecule has 2 aromatic carbocycles. The van der Waals surface area contributed by atoms with Crippen molar-refractivity contribution in [3.8, 4) is 22.3 Å². The number of nitrogens with one attached hydrogen (secondary N) is 2. The lowest BCUT2D eigenvalue weighted by Crippen LogP contribution is -2.48. The Labute approximate surface area is 210 Å². The molecule has 7 heteroatoms. The minimum absolute atomic E-state index is 0.0471. The molecule has 4 heterocycles. The lowest BCUT2D eigenvalue weighted by molar-refractivity contribution is -0.133. The molecule has 0 unspecified atom stereocenters. The lowest BCUT2D eigenvalue weighted by Gasteiger charge is -2.34. The van der Waals surface area contributed by atoms with Crippen LogP contribution in [0.25, 0.3) is 33.3 Å². The minimum atomic E-state index is -0.0784. The lowest BCUT2D eigenvalue weighted by atomic mass is 9.99. The van der Waals surface area contributed by atoms with Gasteiger partial charge >= 0.3 is 0 Å². The van der Waals surface area contributed by atoms with Crippen LogP contribution in [0.4, 0.5) is 5.69 Å². The molecule has 0 radical (unpaired) electrons. The molecule has 3 N–H and O–H groups in total. The number of carbonyl (C=O) groups excluding carboxylic acids is 1. The van der Waals surface area contributed by atoms with E-state index in [2.05, 4.69) is 69.9 Å². The number of rotatable bonds is 6. The number of piperazine rings is 1. The van der Waals surface area contributed by atoms with E-state index in [9.17, 15) is 4.79 Å². The third kappa shape index (κ3) is 4.47. The van der Waals surface area contributed by atoms with E-state index in [-0.39, 0.29) is 18.9 Å². The van der Waals surface area contributed by atoms with Crippen LogP contribution in [0.2, 0.25) is 0 Å². The Morgan fingerprint density at radius 3 is 2.58 bits per heavy atom. The molecule has 0 atom stereocenters. The van der Waals surface area contributed by atoms with Gasteiger partial charge in [-0.25, -0.2) is 4.98 Å². The van der Waals surface area contributed by atoms with Crippen molar-refractivity contribution in [2.45, 2.75) is 19.4 Å². The third-order valence-electron chi connectivity index (χ3n) is 7.40. The van der Waals surface area contributed by atoms with E-state index in [1.165, 1.54) is 27.9 Å². The SMILES string of the molecule is O=C(CCO)N1CCN(Cc2ccc(-c3cnc4[nH]cc(-c5ccc6c(c5)CCN6)c4c3)cc2)CC1. The Hall–Kier alpha value is -3.68. The largest absolute Gasteiger partial charge is 0.396 e. The van der Waals surface area contributed by atoms with Crippen molar-refractivity contribution in [3.63, 3.8) is 0 Å². The molecule has 2 aliphatic heterocycles. The number of pyridine rings is 1. The van der Waals surface area contributed by atoms with Gasteiger partial charge in [-0.05, 0) is 46.9 Å². The van der Waals surface area contributed by atoms with Crippen LogP contribution >= 0.6 is 0 Å². The number of carbonyl (C=O) groups is 1. The smallest absolute Gasteiger partial charge is 0.224 e. The summed E-state index contributed by atoms with van der Waals surface area (Å²) in [5, 5.41) is 13.6. The summed E-state index contributed by atoms with van der Waals surface area (Å²) in [6, 6.07) is 17.6. The van der Waals surface area contributed by atoms with E-state index in [1.807, 2.05) is 11.1 Å². The van der Waals surface area contributed by atoms with Gasteiger partial charge in [0, 0.05) is 80.3 Å². The molecule has 2 aliphatic rings. The molecule has 4 aromatic rings. The van der Waals surface area contributed by atoms with Gasteiger partial charge in [0.15, 0.2) is 0 Å². The maximum absolute atomic E-state index is 12.0. The number of aromatic amines is 1. The number of hydrogen-bond donors (Lipinski definition) is 3. The molecule has 184 valence electrons. The molecule has 6 rings (SSSR count). The highest BCUT2D eigenvalue weighted by Crippen LogP contribution is 2.34. The predicted octanol–water partition coefficient (Wildman–Crippen LogP) is 3.89. The molecule has 36 heavy (non-hydrogen) atoms. The van der Waals surface area contributed by atoms with Gasteiger partial charge in [0.2, 0.25) is 5.91 Å². The van der Waals surface area contributed by atoms with Crippen molar-refractivity contribution in [1.82, 2.24) is 19.8 Å². The Morgan fingerprint density at radius 1 is 0.972 bits per heavy atom. The monoisotopic (exact) mass is 481 g/mol. The van der Waals surface area contributed by atoms with Gasteiger partial charge in [-0.2, -0.15) is 0 Å². The zero-order valence-electron chi connectivity index (χ0n) is 20.3. The van der Waals surface area contributed by atoms with Gasteiger partial charge in [-0.3, -0.25) is 9.69 Å². The van der Waals surface area contributed by atoms with Crippen LogP contribution in [0.15, 0.2) is 60.9 Å². The summed E-state index contributed by atoms with van der Waals surface area (Å²) >= 11 is 0. The first-order valence-electron chi connectivity index (χ1n) is 12.7. The summed E-state index contributed by atoms with van der Waals surface area (Å²) in [7, 11) is 0. The van der Waals surface area contributed by atoms with E-state index in [0.717, 1.165) is 67.8 Å². The molecule has 2 aromatic heterocycles. The zero-order valence-corrected chi connectivity index (χ0v) is 20.3. The molecular formula is C29H31N5O2. The average Bonchev–Trinajstić information content (AvgIpc) is 3.56. The van der Waals surface area contributed by atoms with Crippen molar-refractivity contribution < 1.29 is 9.90 Å². The van der Waals surface area contributed by atoms with E-state index < -0.39 is 0 Å². The summed E-state index contributed by atoms with van der Waals surface area (Å²) in [6.45, 7) is 4.96. The molecule has 0 bridgehead atoms. The normalized spacial score (nSPS) is 15.8. The second-order valence-corrected chi connectivity index (χ2v) is 9.70. The van der Waals surface area contributed by atoms with Crippen LogP contribution in [-0.2, 0) is 17.8 Å². The van der Waals surface area contributed by atoms with Gasteiger partial charge in [-0.15, -0.1) is 0 Å². The number of H-pyrrole nitrogens is 1. The van der Waals surface area contributed by atoms with Crippen molar-refractivity contribution in [3.05, 3.63) is 72.1 Å². The highest BCUT2D eigenvalue weighted by Gasteiger charge is 2.20. The van der Waals surface area contributed by atoms with E-state index >= 15 is 0 Å². The molecule has 0 saturated carbocycles. The minimum Gasteiger partial charge on any atom is -0.396 e. The molecule has 0 aliphatic carbocycles. The summed E-state index contributed by atoms with van der Waals surface area (Å²) in [5.41, 5.74) is 9.44. The standard InChI is InChI=1S/C29H31N5O2/c35-14-8-28(36)34-12-10-33(11-13-34)19-20-1-3-21(4-2-20)24-16-25-26(18-32-29(25)31-17-24)22-5-6-27-23(15-22)7-9-30-27/h1-6,15-18,30,35H,7-14,19H2,(H,31,32). The van der Waals surface area contributed by atoms with Crippen LogP contribution in [0, 0.1) is 0 Å². The van der Waals surface area contributed by atoms with Crippen molar-refractivity contribution in [2.75, 3.05) is 44.6 Å². The number of aliphatic hydroxyl groups excluding tert-OH is 1. The quantitative estimate of drug-likeness (QED) is 0.389. The predicted molar refractivity (Wildman–Crippen MR) is 143 cm³/mol. The summed E-state index contributed by atoms with van der Waals surface area (Å²) < 4.78 is 0. The number of amides is 1. The fourth-order valence-corrected chi connectivity index (χ4v) is 5.34. The first-order valence-corrected chi connectivity index (χ1v) is 12.7. The topological polar surface area (TPSA) is 84.5 Å². The van der Waals surface area contributed by atoms with E-state index in [0.29, 0.717) is 0 Å². The Bertz CT molecular complexity index is 1390. The number of anilines is 1. The van der Waals surface area contributed by atoms with Gasteiger partial charge in [-0.1, -0.05) is 30.3 Å². The summed E-state index contributed by atoms with van der Waals surface area (Å²) in [5.74, 6) is 0.0471. The molecule has 7 nitrogen and oxygen atoms in total. The Kier molecular flexibility index (Phi) is 6.17. The number of aromatic nitrogens is 2. The van der Waals surface area contributed by atoms with Crippen LogP contribution in [-0.4, -0.2) is 70.1 Å². The summed E-state index contributed by atoms with van der Waals surface area (Å²) in [4.78, 5) is 24.3. The number of aliphatic hydroxyl groups is 1. The van der Waals surface area contributed by atoms with Crippen LogP contribution in [0.5, 0.6) is 0 Å². The van der Waals surface area contributed by atoms with Gasteiger partial charge in [0.25, 0.3) is 0 Å². The number of hydrogen-bond acceptors (Lipinski definition) is 5.